The number of anilines is 2. The van der Waals surface area contributed by atoms with E-state index in [1.165, 1.54) is 11.7 Å². The number of ether oxygens (including phenoxy) is 1. The van der Waals surface area contributed by atoms with E-state index in [4.69, 9.17) is 10.5 Å². The summed E-state index contributed by atoms with van der Waals surface area (Å²) >= 11 is 0. The molecule has 2 aromatic heterocycles. The molecule has 0 fully saturated rings. The SMILES string of the molecule is COc1ncc(-c2ccc3nc(N)n(-c4ccccc4)c(=O)c3c2)cc1C(O)Nc1ccccc1. The number of nitrogen functional groups attached to an aromatic ring is 1. The first kappa shape index (κ1) is 22.1. The van der Waals surface area contributed by atoms with E-state index in [2.05, 4.69) is 15.3 Å². The molecule has 8 heteroatoms. The molecule has 0 aliphatic rings. The topological polar surface area (TPSA) is 115 Å². The molecule has 0 amide bonds. The molecule has 0 aliphatic heterocycles. The maximum atomic E-state index is 13.4. The van der Waals surface area contributed by atoms with E-state index in [9.17, 15) is 9.90 Å². The van der Waals surface area contributed by atoms with E-state index in [0.717, 1.165) is 11.3 Å². The number of hydrogen-bond donors (Lipinski definition) is 3. The molecule has 0 spiro atoms. The number of benzene rings is 3. The summed E-state index contributed by atoms with van der Waals surface area (Å²) in [6.45, 7) is 0. The van der Waals surface area contributed by atoms with Crippen LogP contribution in [0.4, 0.5) is 11.6 Å². The fraction of sp³-hybridized carbons (Fsp3) is 0.0741. The van der Waals surface area contributed by atoms with Crippen molar-refractivity contribution in [2.75, 3.05) is 18.2 Å². The fourth-order valence-electron chi connectivity index (χ4n) is 3.97. The lowest BCUT2D eigenvalue weighted by atomic mass is 10.0. The number of pyridine rings is 1. The third-order valence-corrected chi connectivity index (χ3v) is 5.69. The molecule has 0 aliphatic carbocycles. The van der Waals surface area contributed by atoms with Crippen LogP contribution in [0.5, 0.6) is 5.88 Å². The number of aromatic nitrogens is 3. The molecular weight excluding hydrogens is 442 g/mol. The van der Waals surface area contributed by atoms with Crippen LogP contribution in [-0.4, -0.2) is 26.8 Å². The molecule has 1 atom stereocenters. The quantitative estimate of drug-likeness (QED) is 0.323. The molecule has 2 heterocycles. The first-order chi connectivity index (χ1) is 17.0. The normalized spacial score (nSPS) is 11.8. The Morgan fingerprint density at radius 3 is 2.40 bits per heavy atom. The monoisotopic (exact) mass is 465 g/mol. The van der Waals surface area contributed by atoms with E-state index < -0.39 is 6.23 Å². The zero-order valence-electron chi connectivity index (χ0n) is 18.9. The predicted octanol–water partition coefficient (Wildman–Crippen LogP) is 4.14. The Balaban J connectivity index is 1.58. The largest absolute Gasteiger partial charge is 0.481 e. The molecular formula is C27H23N5O3. The van der Waals surface area contributed by atoms with Gasteiger partial charge < -0.3 is 20.9 Å². The highest BCUT2D eigenvalue weighted by Gasteiger charge is 2.17. The van der Waals surface area contributed by atoms with Gasteiger partial charge in [-0.3, -0.25) is 4.79 Å². The zero-order chi connectivity index (χ0) is 24.4. The number of nitrogens with one attached hydrogen (secondary N) is 1. The second kappa shape index (κ2) is 9.28. The molecule has 5 rings (SSSR count). The average Bonchev–Trinajstić information content (AvgIpc) is 2.89. The Morgan fingerprint density at radius 2 is 1.69 bits per heavy atom. The van der Waals surface area contributed by atoms with Crippen molar-refractivity contribution in [1.29, 1.82) is 0 Å². The van der Waals surface area contributed by atoms with Crippen molar-refractivity contribution in [1.82, 2.24) is 14.5 Å². The van der Waals surface area contributed by atoms with Crippen LogP contribution in [0.1, 0.15) is 11.8 Å². The highest BCUT2D eigenvalue weighted by Crippen LogP contribution is 2.30. The summed E-state index contributed by atoms with van der Waals surface area (Å²) in [7, 11) is 1.50. The van der Waals surface area contributed by atoms with Gasteiger partial charge in [0.15, 0.2) is 6.23 Å². The van der Waals surface area contributed by atoms with Crippen LogP contribution >= 0.6 is 0 Å². The first-order valence-corrected chi connectivity index (χ1v) is 11.0. The average molecular weight is 466 g/mol. The fourth-order valence-corrected chi connectivity index (χ4v) is 3.97. The number of rotatable bonds is 6. The minimum atomic E-state index is -1.06. The maximum Gasteiger partial charge on any atom is 0.267 e. The van der Waals surface area contributed by atoms with Gasteiger partial charge in [0.2, 0.25) is 11.8 Å². The molecule has 0 bridgehead atoms. The van der Waals surface area contributed by atoms with Gasteiger partial charge in [0.25, 0.3) is 5.56 Å². The Labute approximate surface area is 201 Å². The minimum Gasteiger partial charge on any atom is -0.481 e. The summed E-state index contributed by atoms with van der Waals surface area (Å²) in [5.74, 6) is 0.413. The lowest BCUT2D eigenvalue weighted by Gasteiger charge is -2.18. The number of hydrogen-bond acceptors (Lipinski definition) is 7. The van der Waals surface area contributed by atoms with E-state index in [1.54, 1.807) is 36.5 Å². The Morgan fingerprint density at radius 1 is 0.971 bits per heavy atom. The van der Waals surface area contributed by atoms with Gasteiger partial charge in [0, 0.05) is 17.4 Å². The Hall–Kier alpha value is -4.69. The van der Waals surface area contributed by atoms with Crippen molar-refractivity contribution >= 4 is 22.5 Å². The lowest BCUT2D eigenvalue weighted by molar-refractivity contribution is 0.202. The van der Waals surface area contributed by atoms with Crippen molar-refractivity contribution < 1.29 is 9.84 Å². The van der Waals surface area contributed by atoms with Crippen LogP contribution in [0.2, 0.25) is 0 Å². The van der Waals surface area contributed by atoms with E-state index in [1.807, 2.05) is 54.6 Å². The molecule has 8 nitrogen and oxygen atoms in total. The third-order valence-electron chi connectivity index (χ3n) is 5.69. The number of nitrogens with zero attached hydrogens (tertiary/aromatic N) is 3. The second-order valence-electron chi connectivity index (χ2n) is 7.91. The summed E-state index contributed by atoms with van der Waals surface area (Å²) in [6, 6.07) is 25.6. The molecule has 4 N–H and O–H groups in total. The van der Waals surface area contributed by atoms with Crippen LogP contribution in [0.25, 0.3) is 27.7 Å². The van der Waals surface area contributed by atoms with E-state index >= 15 is 0 Å². The van der Waals surface area contributed by atoms with Gasteiger partial charge in [0.1, 0.15) is 0 Å². The van der Waals surface area contributed by atoms with Crippen LogP contribution < -0.4 is 21.3 Å². The van der Waals surface area contributed by atoms with Gasteiger partial charge in [-0.05, 0) is 48.0 Å². The van der Waals surface area contributed by atoms with Crippen molar-refractivity contribution in [2.45, 2.75) is 6.23 Å². The molecule has 1 unspecified atom stereocenters. The van der Waals surface area contributed by atoms with Crippen molar-refractivity contribution in [3.05, 3.63) is 107 Å². The van der Waals surface area contributed by atoms with Crippen LogP contribution in [0.3, 0.4) is 0 Å². The first-order valence-electron chi connectivity index (χ1n) is 11.0. The number of nitrogens with two attached hydrogens (primary N) is 1. The molecule has 35 heavy (non-hydrogen) atoms. The molecule has 0 saturated carbocycles. The number of fused-ring (bicyclic) bond motifs is 1. The number of para-hydroxylation sites is 2. The van der Waals surface area contributed by atoms with Crippen molar-refractivity contribution in [2.24, 2.45) is 0 Å². The standard InChI is InChI=1S/C27H23N5O3/c1-35-25-22(24(33)30-19-8-4-2-5-9-19)15-18(16-29-25)17-12-13-23-21(14-17)26(34)32(27(28)31-23)20-10-6-3-7-11-20/h2-16,24,30,33H,1H3,(H2,28,31). The van der Waals surface area contributed by atoms with Gasteiger partial charge in [-0.15, -0.1) is 0 Å². The van der Waals surface area contributed by atoms with Crippen molar-refractivity contribution in [3.63, 3.8) is 0 Å². The van der Waals surface area contributed by atoms with E-state index in [-0.39, 0.29) is 11.5 Å². The van der Waals surface area contributed by atoms with Crippen molar-refractivity contribution in [3.8, 4) is 22.7 Å². The van der Waals surface area contributed by atoms with Gasteiger partial charge in [-0.25, -0.2) is 14.5 Å². The Bertz CT molecular complexity index is 1550. The molecule has 3 aromatic carbocycles. The highest BCUT2D eigenvalue weighted by molar-refractivity contribution is 5.85. The smallest absolute Gasteiger partial charge is 0.267 e. The predicted molar refractivity (Wildman–Crippen MR) is 137 cm³/mol. The van der Waals surface area contributed by atoms with E-state index in [0.29, 0.717) is 33.6 Å². The van der Waals surface area contributed by atoms with Gasteiger partial charge in [-0.1, -0.05) is 42.5 Å². The van der Waals surface area contributed by atoms with Crippen LogP contribution in [0, 0.1) is 0 Å². The Kier molecular flexibility index (Phi) is 5.87. The zero-order valence-corrected chi connectivity index (χ0v) is 18.9. The van der Waals surface area contributed by atoms with Gasteiger partial charge >= 0.3 is 0 Å². The molecule has 5 aromatic rings. The molecule has 0 radical (unpaired) electrons. The molecule has 0 saturated heterocycles. The summed E-state index contributed by atoms with van der Waals surface area (Å²) in [5, 5.41) is 14.3. The summed E-state index contributed by atoms with van der Waals surface area (Å²) in [4.78, 5) is 22.2. The molecule has 174 valence electrons. The van der Waals surface area contributed by atoms with Crippen LogP contribution in [-0.2, 0) is 0 Å². The van der Waals surface area contributed by atoms with Gasteiger partial charge in [-0.2, -0.15) is 0 Å². The summed E-state index contributed by atoms with van der Waals surface area (Å²) in [6.07, 6.45) is 0.580. The minimum absolute atomic E-state index is 0.116. The summed E-state index contributed by atoms with van der Waals surface area (Å²) in [5.41, 5.74) is 9.64. The summed E-state index contributed by atoms with van der Waals surface area (Å²) < 4.78 is 6.76. The number of aliphatic hydroxyl groups excluding tert-OH is 1. The number of aliphatic hydroxyl groups is 1. The van der Waals surface area contributed by atoms with Gasteiger partial charge in [0.05, 0.1) is 29.3 Å². The highest BCUT2D eigenvalue weighted by atomic mass is 16.5. The van der Waals surface area contributed by atoms with Crippen LogP contribution in [0.15, 0.2) is 95.9 Å². The maximum absolute atomic E-state index is 13.4. The lowest BCUT2D eigenvalue weighted by Crippen LogP contribution is -2.23. The third kappa shape index (κ3) is 4.30. The number of methoxy groups -OCH3 is 1. The second-order valence-corrected chi connectivity index (χ2v) is 7.91.